The molecule has 21 heavy (non-hydrogen) atoms. The molecule has 2 rings (SSSR count). The third kappa shape index (κ3) is 5.53. The van der Waals surface area contributed by atoms with E-state index in [4.69, 9.17) is 0 Å². The Morgan fingerprint density at radius 3 is 2.48 bits per heavy atom. The SMILES string of the molecule is O=C(CC(=O)NC1CCCCCC1)Nc1cccc(F)c1. The quantitative estimate of drug-likeness (QED) is 0.662. The molecule has 114 valence electrons. The van der Waals surface area contributed by atoms with E-state index in [9.17, 15) is 14.0 Å². The predicted octanol–water partition coefficient (Wildman–Crippen LogP) is 2.99. The van der Waals surface area contributed by atoms with Crippen molar-refractivity contribution in [3.8, 4) is 0 Å². The molecule has 0 unspecified atom stereocenters. The van der Waals surface area contributed by atoms with E-state index in [1.807, 2.05) is 0 Å². The fourth-order valence-corrected chi connectivity index (χ4v) is 2.62. The van der Waals surface area contributed by atoms with E-state index in [-0.39, 0.29) is 18.4 Å². The molecule has 0 heterocycles. The Labute approximate surface area is 124 Å². The van der Waals surface area contributed by atoms with Gasteiger partial charge in [0.05, 0.1) is 0 Å². The smallest absolute Gasteiger partial charge is 0.233 e. The first-order chi connectivity index (χ1) is 10.1. The predicted molar refractivity (Wildman–Crippen MR) is 79.3 cm³/mol. The third-order valence-corrected chi connectivity index (χ3v) is 3.65. The lowest BCUT2D eigenvalue weighted by Crippen LogP contribution is -2.36. The summed E-state index contributed by atoms with van der Waals surface area (Å²) in [7, 11) is 0. The van der Waals surface area contributed by atoms with E-state index in [0.717, 1.165) is 25.7 Å². The molecule has 2 amide bonds. The summed E-state index contributed by atoms with van der Waals surface area (Å²) in [4.78, 5) is 23.6. The van der Waals surface area contributed by atoms with Crippen LogP contribution >= 0.6 is 0 Å². The standard InChI is InChI=1S/C16H21FN2O2/c17-12-6-5-9-14(10-12)19-16(21)11-15(20)18-13-7-3-1-2-4-8-13/h5-6,9-10,13H,1-4,7-8,11H2,(H,18,20)(H,19,21). The zero-order valence-electron chi connectivity index (χ0n) is 12.0. The summed E-state index contributed by atoms with van der Waals surface area (Å²) in [6.45, 7) is 0. The van der Waals surface area contributed by atoms with Crippen molar-refractivity contribution in [1.29, 1.82) is 0 Å². The van der Waals surface area contributed by atoms with Gasteiger partial charge in [-0.3, -0.25) is 9.59 Å². The van der Waals surface area contributed by atoms with Crippen molar-refractivity contribution in [3.63, 3.8) is 0 Å². The van der Waals surface area contributed by atoms with Crippen LogP contribution in [0.25, 0.3) is 0 Å². The number of benzene rings is 1. The third-order valence-electron chi connectivity index (χ3n) is 3.65. The summed E-state index contributed by atoms with van der Waals surface area (Å²) >= 11 is 0. The average molecular weight is 292 g/mol. The van der Waals surface area contributed by atoms with Gasteiger partial charge in [0, 0.05) is 11.7 Å². The van der Waals surface area contributed by atoms with Gasteiger partial charge in [-0.05, 0) is 31.0 Å². The van der Waals surface area contributed by atoms with E-state index >= 15 is 0 Å². The molecule has 1 aromatic carbocycles. The molecule has 0 saturated heterocycles. The molecule has 0 aromatic heterocycles. The molecule has 0 spiro atoms. The monoisotopic (exact) mass is 292 g/mol. The molecule has 0 bridgehead atoms. The Hall–Kier alpha value is -1.91. The van der Waals surface area contributed by atoms with Gasteiger partial charge in [-0.25, -0.2) is 4.39 Å². The number of halogens is 1. The topological polar surface area (TPSA) is 58.2 Å². The van der Waals surface area contributed by atoms with E-state index in [2.05, 4.69) is 10.6 Å². The van der Waals surface area contributed by atoms with Gasteiger partial charge in [0.15, 0.2) is 0 Å². The minimum absolute atomic E-state index is 0.182. The first-order valence-electron chi connectivity index (χ1n) is 7.48. The normalized spacial score (nSPS) is 16.0. The maximum Gasteiger partial charge on any atom is 0.233 e. The first-order valence-corrected chi connectivity index (χ1v) is 7.48. The van der Waals surface area contributed by atoms with Gasteiger partial charge in [-0.15, -0.1) is 0 Å². The molecule has 0 radical (unpaired) electrons. The summed E-state index contributed by atoms with van der Waals surface area (Å²) in [5, 5.41) is 5.44. The molecule has 1 fully saturated rings. The lowest BCUT2D eigenvalue weighted by Gasteiger charge is -2.16. The Kier molecular flexibility index (Phi) is 5.72. The molecule has 4 nitrogen and oxygen atoms in total. The summed E-state index contributed by atoms with van der Waals surface area (Å²) in [6.07, 6.45) is 6.42. The van der Waals surface area contributed by atoms with E-state index in [1.165, 1.54) is 31.0 Å². The van der Waals surface area contributed by atoms with Crippen LogP contribution < -0.4 is 10.6 Å². The fourth-order valence-electron chi connectivity index (χ4n) is 2.62. The Morgan fingerprint density at radius 2 is 1.81 bits per heavy atom. The number of hydrogen-bond acceptors (Lipinski definition) is 2. The number of anilines is 1. The van der Waals surface area contributed by atoms with Crippen molar-refractivity contribution >= 4 is 17.5 Å². The Balaban J connectivity index is 1.77. The van der Waals surface area contributed by atoms with Crippen molar-refractivity contribution < 1.29 is 14.0 Å². The van der Waals surface area contributed by atoms with Gasteiger partial charge in [-0.2, -0.15) is 0 Å². The van der Waals surface area contributed by atoms with Gasteiger partial charge in [0.25, 0.3) is 0 Å². The van der Waals surface area contributed by atoms with Crippen molar-refractivity contribution in [2.45, 2.75) is 51.0 Å². The van der Waals surface area contributed by atoms with Crippen LogP contribution in [0.15, 0.2) is 24.3 Å². The van der Waals surface area contributed by atoms with E-state index < -0.39 is 11.7 Å². The van der Waals surface area contributed by atoms with Gasteiger partial charge < -0.3 is 10.6 Å². The molecular formula is C16H21FN2O2. The average Bonchev–Trinajstić information content (AvgIpc) is 2.67. The van der Waals surface area contributed by atoms with Crippen molar-refractivity contribution in [1.82, 2.24) is 5.32 Å². The second kappa shape index (κ2) is 7.76. The summed E-state index contributed by atoms with van der Waals surface area (Å²) in [6, 6.07) is 5.80. The number of carbonyl (C=O) groups excluding carboxylic acids is 2. The van der Waals surface area contributed by atoms with Gasteiger partial charge in [-0.1, -0.05) is 31.7 Å². The molecule has 0 atom stereocenters. The highest BCUT2D eigenvalue weighted by atomic mass is 19.1. The minimum atomic E-state index is -0.424. The maximum absolute atomic E-state index is 13.0. The van der Waals surface area contributed by atoms with Crippen molar-refractivity contribution in [2.24, 2.45) is 0 Å². The van der Waals surface area contributed by atoms with Crippen molar-refractivity contribution in [2.75, 3.05) is 5.32 Å². The summed E-state index contributed by atoms with van der Waals surface area (Å²) in [5.41, 5.74) is 0.363. The largest absolute Gasteiger partial charge is 0.353 e. The van der Waals surface area contributed by atoms with Crippen LogP contribution in [-0.4, -0.2) is 17.9 Å². The van der Waals surface area contributed by atoms with Crippen molar-refractivity contribution in [3.05, 3.63) is 30.1 Å². The van der Waals surface area contributed by atoms with Gasteiger partial charge in [0.1, 0.15) is 12.2 Å². The van der Waals surface area contributed by atoms with Crippen LogP contribution in [0.5, 0.6) is 0 Å². The minimum Gasteiger partial charge on any atom is -0.353 e. The van der Waals surface area contributed by atoms with Crippen LogP contribution in [0.2, 0.25) is 0 Å². The summed E-state index contributed by atoms with van der Waals surface area (Å²) in [5.74, 6) is -1.11. The van der Waals surface area contributed by atoms with Crippen LogP contribution in [0.3, 0.4) is 0 Å². The number of nitrogens with one attached hydrogen (secondary N) is 2. The van der Waals surface area contributed by atoms with Crippen LogP contribution in [-0.2, 0) is 9.59 Å². The zero-order chi connectivity index (χ0) is 15.1. The molecule has 1 aliphatic carbocycles. The molecule has 2 N–H and O–H groups in total. The lowest BCUT2D eigenvalue weighted by atomic mass is 10.1. The van der Waals surface area contributed by atoms with Gasteiger partial charge in [0.2, 0.25) is 11.8 Å². The molecular weight excluding hydrogens is 271 g/mol. The zero-order valence-corrected chi connectivity index (χ0v) is 12.0. The number of hydrogen-bond donors (Lipinski definition) is 2. The highest BCUT2D eigenvalue weighted by Crippen LogP contribution is 2.17. The maximum atomic E-state index is 13.0. The van der Waals surface area contributed by atoms with Crippen LogP contribution in [0, 0.1) is 5.82 Å². The molecule has 1 saturated carbocycles. The number of carbonyl (C=O) groups is 2. The number of amides is 2. The molecule has 1 aliphatic rings. The summed E-state index contributed by atoms with van der Waals surface area (Å²) < 4.78 is 13.0. The lowest BCUT2D eigenvalue weighted by molar-refractivity contribution is -0.127. The fraction of sp³-hybridized carbons (Fsp3) is 0.500. The van der Waals surface area contributed by atoms with Crippen LogP contribution in [0.1, 0.15) is 44.9 Å². The number of rotatable bonds is 4. The second-order valence-corrected chi connectivity index (χ2v) is 5.49. The first kappa shape index (κ1) is 15.5. The van der Waals surface area contributed by atoms with Crippen LogP contribution in [0.4, 0.5) is 10.1 Å². The van der Waals surface area contributed by atoms with Gasteiger partial charge >= 0.3 is 0 Å². The second-order valence-electron chi connectivity index (χ2n) is 5.49. The molecule has 5 heteroatoms. The van der Waals surface area contributed by atoms with E-state index in [1.54, 1.807) is 6.07 Å². The molecule has 0 aliphatic heterocycles. The van der Waals surface area contributed by atoms with E-state index in [0.29, 0.717) is 5.69 Å². The highest BCUT2D eigenvalue weighted by Gasteiger charge is 2.16. The Bertz CT molecular complexity index is 497. The molecule has 1 aromatic rings. The highest BCUT2D eigenvalue weighted by molar-refractivity contribution is 6.03. The Morgan fingerprint density at radius 1 is 1.10 bits per heavy atom.